The van der Waals surface area contributed by atoms with E-state index in [1.54, 1.807) is 10.7 Å². The Bertz CT molecular complexity index is 565. The van der Waals surface area contributed by atoms with Crippen LogP contribution in [-0.4, -0.2) is 46.0 Å². The van der Waals surface area contributed by atoms with E-state index in [4.69, 9.17) is 16.3 Å². The Morgan fingerprint density at radius 2 is 2.17 bits per heavy atom. The lowest BCUT2D eigenvalue weighted by atomic mass is 10.3. The SMILES string of the molecule is OCc1cc2c(N3CCOCC3)nc(Cl)nn2c1. The average Bonchev–Trinajstić information content (AvgIpc) is 2.81. The topological polar surface area (TPSA) is 62.9 Å². The lowest BCUT2D eigenvalue weighted by Gasteiger charge is -2.28. The van der Waals surface area contributed by atoms with Crippen LogP contribution in [0.5, 0.6) is 0 Å². The van der Waals surface area contributed by atoms with Gasteiger partial charge in [-0.25, -0.2) is 4.52 Å². The van der Waals surface area contributed by atoms with E-state index >= 15 is 0 Å². The van der Waals surface area contributed by atoms with Gasteiger partial charge in [0.15, 0.2) is 5.82 Å². The molecule has 0 bridgehead atoms. The summed E-state index contributed by atoms with van der Waals surface area (Å²) in [5, 5.41) is 13.5. The highest BCUT2D eigenvalue weighted by molar-refractivity contribution is 6.28. The molecule has 3 heterocycles. The first-order valence-electron chi connectivity index (χ1n) is 5.76. The Morgan fingerprint density at radius 1 is 1.39 bits per heavy atom. The monoisotopic (exact) mass is 268 g/mol. The summed E-state index contributed by atoms with van der Waals surface area (Å²) in [7, 11) is 0. The first kappa shape index (κ1) is 11.7. The van der Waals surface area contributed by atoms with Gasteiger partial charge in [0, 0.05) is 19.3 Å². The first-order valence-corrected chi connectivity index (χ1v) is 6.14. The third-order valence-electron chi connectivity index (χ3n) is 2.97. The molecule has 0 aliphatic carbocycles. The number of aromatic nitrogens is 3. The summed E-state index contributed by atoms with van der Waals surface area (Å²) in [6.45, 7) is 2.90. The number of aliphatic hydroxyl groups is 1. The zero-order chi connectivity index (χ0) is 12.5. The minimum atomic E-state index is -0.0243. The number of ether oxygens (including phenoxy) is 1. The Labute approximate surface area is 109 Å². The van der Waals surface area contributed by atoms with Crippen molar-refractivity contribution in [3.05, 3.63) is 23.1 Å². The predicted molar refractivity (Wildman–Crippen MR) is 67.0 cm³/mol. The van der Waals surface area contributed by atoms with Crippen molar-refractivity contribution in [3.8, 4) is 0 Å². The van der Waals surface area contributed by atoms with Crippen LogP contribution in [0.1, 0.15) is 5.56 Å². The quantitative estimate of drug-likeness (QED) is 0.869. The maximum absolute atomic E-state index is 9.18. The maximum Gasteiger partial charge on any atom is 0.243 e. The van der Waals surface area contributed by atoms with Crippen molar-refractivity contribution in [1.29, 1.82) is 0 Å². The number of aliphatic hydroxyl groups excluding tert-OH is 1. The molecule has 2 aromatic heterocycles. The van der Waals surface area contributed by atoms with Crippen LogP contribution >= 0.6 is 11.6 Å². The molecular weight excluding hydrogens is 256 g/mol. The highest BCUT2D eigenvalue weighted by atomic mass is 35.5. The largest absolute Gasteiger partial charge is 0.392 e. The number of morpholine rings is 1. The lowest BCUT2D eigenvalue weighted by molar-refractivity contribution is 0.122. The summed E-state index contributed by atoms with van der Waals surface area (Å²) in [6.07, 6.45) is 1.76. The highest BCUT2D eigenvalue weighted by Crippen LogP contribution is 2.23. The van der Waals surface area contributed by atoms with E-state index in [1.807, 2.05) is 6.07 Å². The van der Waals surface area contributed by atoms with Gasteiger partial charge in [-0.3, -0.25) is 0 Å². The molecule has 0 spiro atoms. The van der Waals surface area contributed by atoms with E-state index < -0.39 is 0 Å². The van der Waals surface area contributed by atoms with Crippen molar-refractivity contribution in [2.24, 2.45) is 0 Å². The molecule has 0 radical (unpaired) electrons. The zero-order valence-electron chi connectivity index (χ0n) is 9.71. The molecule has 96 valence electrons. The smallest absolute Gasteiger partial charge is 0.243 e. The molecule has 1 N–H and O–H groups in total. The lowest BCUT2D eigenvalue weighted by Crippen LogP contribution is -2.37. The van der Waals surface area contributed by atoms with E-state index in [1.165, 1.54) is 0 Å². The summed E-state index contributed by atoms with van der Waals surface area (Å²) in [4.78, 5) is 6.41. The van der Waals surface area contributed by atoms with Crippen LogP contribution in [-0.2, 0) is 11.3 Å². The molecule has 1 aliphatic rings. The molecule has 7 heteroatoms. The zero-order valence-corrected chi connectivity index (χ0v) is 10.5. The molecule has 6 nitrogen and oxygen atoms in total. The van der Waals surface area contributed by atoms with Crippen LogP contribution in [0.15, 0.2) is 12.3 Å². The number of hydrogen-bond donors (Lipinski definition) is 1. The fourth-order valence-corrected chi connectivity index (χ4v) is 2.27. The Hall–Kier alpha value is -1.37. The van der Waals surface area contributed by atoms with Crippen molar-refractivity contribution >= 4 is 22.9 Å². The Balaban J connectivity index is 2.10. The van der Waals surface area contributed by atoms with Gasteiger partial charge in [0.05, 0.1) is 19.8 Å². The summed E-state index contributed by atoms with van der Waals surface area (Å²) >= 11 is 5.93. The summed E-state index contributed by atoms with van der Waals surface area (Å²) in [5.74, 6) is 0.790. The molecule has 0 amide bonds. The molecule has 0 aromatic carbocycles. The third kappa shape index (κ3) is 2.03. The predicted octanol–water partition coefficient (Wildman–Crippen LogP) is 0.712. The normalized spacial score (nSPS) is 16.4. The molecule has 0 saturated carbocycles. The minimum absolute atomic E-state index is 0.0243. The molecular formula is C11H13ClN4O2. The average molecular weight is 269 g/mol. The Kier molecular flexibility index (Phi) is 3.07. The van der Waals surface area contributed by atoms with Crippen LogP contribution in [0.25, 0.3) is 5.52 Å². The van der Waals surface area contributed by atoms with E-state index in [0.717, 1.165) is 30.0 Å². The van der Waals surface area contributed by atoms with Gasteiger partial charge in [0.1, 0.15) is 5.52 Å². The fraction of sp³-hybridized carbons (Fsp3) is 0.455. The Morgan fingerprint density at radius 3 is 2.89 bits per heavy atom. The standard InChI is InChI=1S/C11H13ClN4O2/c12-11-13-10(15-1-3-18-4-2-15)9-5-8(7-17)6-16(9)14-11/h5-6,17H,1-4,7H2. The number of rotatable bonds is 2. The van der Waals surface area contributed by atoms with Gasteiger partial charge in [-0.1, -0.05) is 0 Å². The summed E-state index contributed by atoms with van der Waals surface area (Å²) in [6, 6.07) is 1.88. The van der Waals surface area contributed by atoms with E-state index in [0.29, 0.717) is 13.2 Å². The molecule has 1 saturated heterocycles. The first-order chi connectivity index (χ1) is 8.78. The van der Waals surface area contributed by atoms with Gasteiger partial charge in [0.2, 0.25) is 5.28 Å². The van der Waals surface area contributed by atoms with Gasteiger partial charge in [-0.05, 0) is 23.2 Å². The van der Waals surface area contributed by atoms with Crippen molar-refractivity contribution in [3.63, 3.8) is 0 Å². The minimum Gasteiger partial charge on any atom is -0.392 e. The second kappa shape index (κ2) is 4.72. The molecule has 0 unspecified atom stereocenters. The van der Waals surface area contributed by atoms with Gasteiger partial charge < -0.3 is 14.7 Å². The van der Waals surface area contributed by atoms with E-state index in [9.17, 15) is 5.11 Å². The van der Waals surface area contributed by atoms with Gasteiger partial charge >= 0.3 is 0 Å². The summed E-state index contributed by atoms with van der Waals surface area (Å²) < 4.78 is 6.98. The van der Waals surface area contributed by atoms with Crippen LogP contribution < -0.4 is 4.90 Å². The molecule has 18 heavy (non-hydrogen) atoms. The number of halogens is 1. The molecule has 0 atom stereocenters. The van der Waals surface area contributed by atoms with Crippen molar-refractivity contribution in [2.75, 3.05) is 31.2 Å². The van der Waals surface area contributed by atoms with Gasteiger partial charge in [-0.15, -0.1) is 5.10 Å². The second-order valence-electron chi connectivity index (χ2n) is 4.14. The van der Waals surface area contributed by atoms with Crippen molar-refractivity contribution in [1.82, 2.24) is 14.6 Å². The molecule has 1 aliphatic heterocycles. The van der Waals surface area contributed by atoms with Crippen LogP contribution in [0, 0.1) is 0 Å². The molecule has 3 rings (SSSR count). The highest BCUT2D eigenvalue weighted by Gasteiger charge is 2.18. The number of nitrogens with zero attached hydrogens (tertiary/aromatic N) is 4. The third-order valence-corrected chi connectivity index (χ3v) is 3.13. The number of fused-ring (bicyclic) bond motifs is 1. The van der Waals surface area contributed by atoms with Crippen LogP contribution in [0.3, 0.4) is 0 Å². The maximum atomic E-state index is 9.18. The molecule has 2 aromatic rings. The van der Waals surface area contributed by atoms with E-state index in [-0.39, 0.29) is 11.9 Å². The van der Waals surface area contributed by atoms with E-state index in [2.05, 4.69) is 15.0 Å². The molecule has 1 fully saturated rings. The summed E-state index contributed by atoms with van der Waals surface area (Å²) in [5.41, 5.74) is 1.64. The number of hydrogen-bond acceptors (Lipinski definition) is 5. The van der Waals surface area contributed by atoms with Crippen LogP contribution in [0.4, 0.5) is 5.82 Å². The fourth-order valence-electron chi connectivity index (χ4n) is 2.11. The number of anilines is 1. The van der Waals surface area contributed by atoms with Crippen molar-refractivity contribution in [2.45, 2.75) is 6.61 Å². The van der Waals surface area contributed by atoms with Gasteiger partial charge in [-0.2, -0.15) is 4.98 Å². The second-order valence-corrected chi connectivity index (χ2v) is 4.48. The van der Waals surface area contributed by atoms with Crippen molar-refractivity contribution < 1.29 is 9.84 Å². The van der Waals surface area contributed by atoms with Crippen LogP contribution in [0.2, 0.25) is 5.28 Å². The van der Waals surface area contributed by atoms with Gasteiger partial charge in [0.25, 0.3) is 0 Å².